The number of benzene rings is 1. The maximum Gasteiger partial charge on any atom is 0.235 e. The predicted molar refractivity (Wildman–Crippen MR) is 123 cm³/mol. The number of aromatic nitrogens is 1. The molecule has 0 aliphatic carbocycles. The van der Waals surface area contributed by atoms with Gasteiger partial charge in [-0.05, 0) is 59.5 Å². The lowest BCUT2D eigenvalue weighted by molar-refractivity contribution is -0.116. The van der Waals surface area contributed by atoms with Crippen LogP contribution in [0.25, 0.3) is 0 Å². The van der Waals surface area contributed by atoms with E-state index in [1.54, 1.807) is 29.5 Å². The van der Waals surface area contributed by atoms with Crippen LogP contribution in [0.15, 0.2) is 59.6 Å². The minimum Gasteiger partial charge on any atom is -0.494 e. The molecule has 1 N–H and O–H groups in total. The van der Waals surface area contributed by atoms with Gasteiger partial charge in [-0.25, -0.2) is 8.42 Å². The van der Waals surface area contributed by atoms with E-state index >= 15 is 0 Å². The molecule has 1 fully saturated rings. The molecule has 1 aromatic carbocycles. The highest BCUT2D eigenvalue weighted by Crippen LogP contribution is 2.35. The van der Waals surface area contributed by atoms with Crippen LogP contribution in [-0.4, -0.2) is 38.3 Å². The third kappa shape index (κ3) is 4.77. The van der Waals surface area contributed by atoms with Crippen molar-refractivity contribution in [2.75, 3.05) is 29.0 Å². The van der Waals surface area contributed by atoms with E-state index in [9.17, 15) is 13.2 Å². The number of nitrogens with zero attached hydrogens (tertiary/aromatic N) is 2. The number of thiophene rings is 1. The predicted octanol–water partition coefficient (Wildman–Crippen LogP) is 4.11. The number of carbonyl (C=O) groups is 1. The quantitative estimate of drug-likeness (QED) is 0.577. The highest BCUT2D eigenvalue weighted by atomic mass is 32.2. The van der Waals surface area contributed by atoms with Crippen LogP contribution in [-0.2, 0) is 14.8 Å². The summed E-state index contributed by atoms with van der Waals surface area (Å²) in [6.45, 7) is 0.434. The molecule has 1 aliphatic heterocycles. The fraction of sp³-hybridized carbons (Fsp3) is 0.318. The number of rotatable bonds is 7. The number of hydrogen-bond donors (Lipinski definition) is 1. The van der Waals surface area contributed by atoms with Crippen LogP contribution < -0.4 is 14.4 Å². The lowest BCUT2D eigenvalue weighted by atomic mass is 10.1. The van der Waals surface area contributed by atoms with Crippen LogP contribution in [0.2, 0.25) is 0 Å². The molecular weight excluding hydrogens is 434 g/mol. The van der Waals surface area contributed by atoms with Gasteiger partial charge in [-0.1, -0.05) is 0 Å². The molecular formula is C22H25N3O4S2. The van der Waals surface area contributed by atoms with Crippen molar-refractivity contribution < 1.29 is 17.9 Å². The van der Waals surface area contributed by atoms with Crippen molar-refractivity contribution in [3.63, 3.8) is 0 Å². The minimum absolute atomic E-state index is 0.0964. The Hall–Kier alpha value is -2.78. The van der Waals surface area contributed by atoms with Gasteiger partial charge in [-0.3, -0.25) is 9.10 Å². The average molecular weight is 460 g/mol. The van der Waals surface area contributed by atoms with Crippen LogP contribution in [0.4, 0.5) is 11.4 Å². The van der Waals surface area contributed by atoms with Gasteiger partial charge in [0.25, 0.3) is 0 Å². The number of hydrogen-bond acceptors (Lipinski definition) is 5. The normalized spacial score (nSPS) is 16.6. The first-order chi connectivity index (χ1) is 15.0. The lowest BCUT2D eigenvalue weighted by Crippen LogP contribution is -2.38. The van der Waals surface area contributed by atoms with Crippen molar-refractivity contribution in [2.24, 2.45) is 0 Å². The van der Waals surface area contributed by atoms with Crippen molar-refractivity contribution in [1.82, 2.24) is 4.57 Å². The SMILES string of the molecule is COc1cc(NC(=O)C[C@@H](c2ccsc2)n2cccc2)ccc1N1CCCCS1(=O)=O. The van der Waals surface area contributed by atoms with Crippen molar-refractivity contribution >= 4 is 38.6 Å². The molecule has 1 aliphatic rings. The summed E-state index contributed by atoms with van der Waals surface area (Å²) in [5.41, 5.74) is 2.15. The van der Waals surface area contributed by atoms with Crippen LogP contribution in [0.1, 0.15) is 30.9 Å². The minimum atomic E-state index is -3.35. The Balaban J connectivity index is 1.52. The zero-order valence-electron chi connectivity index (χ0n) is 17.2. The average Bonchev–Trinajstić information content (AvgIpc) is 3.46. The fourth-order valence-corrected chi connectivity index (χ4v) is 6.18. The monoisotopic (exact) mass is 459 g/mol. The molecule has 1 atom stereocenters. The van der Waals surface area contributed by atoms with E-state index in [2.05, 4.69) is 10.7 Å². The van der Waals surface area contributed by atoms with Crippen molar-refractivity contribution in [1.29, 1.82) is 0 Å². The van der Waals surface area contributed by atoms with Gasteiger partial charge in [0.05, 0.1) is 31.0 Å². The van der Waals surface area contributed by atoms with Gasteiger partial charge in [-0.15, -0.1) is 0 Å². The van der Waals surface area contributed by atoms with Gasteiger partial charge in [0.1, 0.15) is 5.75 Å². The number of nitrogens with one attached hydrogen (secondary N) is 1. The van der Waals surface area contributed by atoms with E-state index in [1.807, 2.05) is 40.5 Å². The highest BCUT2D eigenvalue weighted by molar-refractivity contribution is 7.92. The zero-order valence-corrected chi connectivity index (χ0v) is 18.9. The van der Waals surface area contributed by atoms with Crippen molar-refractivity contribution in [2.45, 2.75) is 25.3 Å². The molecule has 0 bridgehead atoms. The molecule has 3 heterocycles. The number of carbonyl (C=O) groups excluding carboxylic acids is 1. The summed E-state index contributed by atoms with van der Waals surface area (Å²) < 4.78 is 33.8. The Morgan fingerprint density at radius 1 is 1.23 bits per heavy atom. The molecule has 0 spiro atoms. The summed E-state index contributed by atoms with van der Waals surface area (Å²) in [6, 6.07) is 10.9. The summed E-state index contributed by atoms with van der Waals surface area (Å²) in [7, 11) is -1.85. The van der Waals surface area contributed by atoms with Gasteiger partial charge in [0.15, 0.2) is 0 Å². The molecule has 1 saturated heterocycles. The van der Waals surface area contributed by atoms with Gasteiger partial charge in [0.2, 0.25) is 15.9 Å². The largest absolute Gasteiger partial charge is 0.494 e. The van der Waals surface area contributed by atoms with Crippen molar-refractivity contribution in [3.05, 3.63) is 65.1 Å². The number of methoxy groups -OCH3 is 1. The van der Waals surface area contributed by atoms with Gasteiger partial charge >= 0.3 is 0 Å². The second-order valence-electron chi connectivity index (χ2n) is 7.44. The molecule has 7 nitrogen and oxygen atoms in total. The van der Waals surface area contributed by atoms with Gasteiger partial charge < -0.3 is 14.6 Å². The first kappa shape index (κ1) is 21.5. The van der Waals surface area contributed by atoms with Crippen molar-refractivity contribution in [3.8, 4) is 5.75 Å². The summed E-state index contributed by atoms with van der Waals surface area (Å²) in [4.78, 5) is 12.8. The Morgan fingerprint density at radius 3 is 2.71 bits per heavy atom. The van der Waals surface area contributed by atoms with Crippen LogP contribution in [0, 0.1) is 0 Å². The maximum absolute atomic E-state index is 12.8. The molecule has 164 valence electrons. The zero-order chi connectivity index (χ0) is 21.8. The molecule has 3 aromatic rings. The molecule has 0 saturated carbocycles. The highest BCUT2D eigenvalue weighted by Gasteiger charge is 2.28. The first-order valence-electron chi connectivity index (χ1n) is 10.1. The van der Waals surface area contributed by atoms with E-state index in [0.29, 0.717) is 30.1 Å². The fourth-order valence-electron chi connectivity index (χ4n) is 3.82. The lowest BCUT2D eigenvalue weighted by Gasteiger charge is -2.29. The second-order valence-corrected chi connectivity index (χ2v) is 10.2. The molecule has 4 rings (SSSR count). The second kappa shape index (κ2) is 9.15. The van der Waals surface area contributed by atoms with Crippen LogP contribution in [0.5, 0.6) is 5.75 Å². The Labute approximate surface area is 186 Å². The van der Waals surface area contributed by atoms with Gasteiger partial charge in [-0.2, -0.15) is 11.3 Å². The molecule has 1 amide bonds. The van der Waals surface area contributed by atoms with E-state index in [4.69, 9.17) is 4.74 Å². The number of sulfonamides is 1. The first-order valence-corrected chi connectivity index (χ1v) is 12.7. The standard InChI is InChI=1S/C22H25N3O4S2/c1-29-21-14-18(6-7-19(21)25-11-4-5-13-31(25,27)28)23-22(26)15-20(17-8-12-30-16-17)24-9-2-3-10-24/h2-3,6-10,12,14,16,20H,4-5,11,13,15H2,1H3,(H,23,26)/t20-/m0/s1. The van der Waals surface area contributed by atoms with E-state index in [-0.39, 0.29) is 24.1 Å². The number of anilines is 2. The summed E-state index contributed by atoms with van der Waals surface area (Å²) in [6.07, 6.45) is 5.65. The maximum atomic E-state index is 12.8. The van der Waals surface area contributed by atoms with Gasteiger partial charge in [0, 0.05) is 30.7 Å². The Morgan fingerprint density at radius 2 is 2.03 bits per heavy atom. The summed E-state index contributed by atoms with van der Waals surface area (Å²) in [5, 5.41) is 6.98. The topological polar surface area (TPSA) is 80.6 Å². The molecule has 0 radical (unpaired) electrons. The molecule has 31 heavy (non-hydrogen) atoms. The third-order valence-corrected chi connectivity index (χ3v) is 7.93. The van der Waals surface area contributed by atoms with Crippen LogP contribution >= 0.6 is 11.3 Å². The molecule has 0 unspecified atom stereocenters. The molecule has 2 aromatic heterocycles. The third-order valence-electron chi connectivity index (χ3n) is 5.38. The summed E-state index contributed by atoms with van der Waals surface area (Å²) >= 11 is 1.60. The van der Waals surface area contributed by atoms with E-state index in [0.717, 1.165) is 12.0 Å². The smallest absolute Gasteiger partial charge is 0.235 e. The number of amides is 1. The Bertz CT molecular complexity index is 1090. The Kier molecular flexibility index (Phi) is 6.33. The van der Waals surface area contributed by atoms with Crippen LogP contribution in [0.3, 0.4) is 0 Å². The molecule has 9 heteroatoms. The summed E-state index contributed by atoms with van der Waals surface area (Å²) in [5.74, 6) is 0.422. The van der Waals surface area contributed by atoms with E-state index < -0.39 is 10.0 Å². The van der Waals surface area contributed by atoms with E-state index in [1.165, 1.54) is 11.4 Å². The number of ether oxygens (including phenoxy) is 1.